The molecule has 6 N–H and O–H groups in total. The maximum absolute atomic E-state index is 13.2. The molecule has 352 valence electrons. The lowest BCUT2D eigenvalue weighted by atomic mass is 10.1. The first-order valence-electron chi connectivity index (χ1n) is 21.1. The lowest BCUT2D eigenvalue weighted by molar-refractivity contribution is 0.101. The van der Waals surface area contributed by atoms with Gasteiger partial charge in [0.25, 0.3) is 43.9 Å². The molecule has 6 rings (SSSR count). The number of amides is 6. The van der Waals surface area contributed by atoms with Crippen LogP contribution in [0.3, 0.4) is 0 Å². The van der Waals surface area contributed by atoms with Crippen molar-refractivity contribution in [3.63, 3.8) is 0 Å². The molecule has 0 saturated heterocycles. The normalized spacial score (nSPS) is 11.4. The molecule has 68 heavy (non-hydrogen) atoms. The highest BCUT2D eigenvalue weighted by molar-refractivity contribution is 7.87. The summed E-state index contributed by atoms with van der Waals surface area (Å²) in [6.07, 6.45) is 0. The quantitative estimate of drug-likeness (QED) is 0.0444. The Hall–Kier alpha value is -7.71. The molecule has 0 fully saturated rings. The number of hydrogen-bond acceptors (Lipinski definition) is 11. The van der Waals surface area contributed by atoms with E-state index in [-0.39, 0.29) is 57.1 Å². The van der Waals surface area contributed by atoms with Gasteiger partial charge in [-0.1, -0.05) is 52.0 Å². The first-order valence-corrected chi connectivity index (χ1v) is 23.9. The predicted octanol–water partition coefficient (Wildman–Crippen LogP) is 9.06. The zero-order chi connectivity index (χ0) is 49.0. The highest BCUT2D eigenvalue weighted by atomic mass is 32.2. The Bertz CT molecular complexity index is 2850. The molecule has 0 unspecified atom stereocenters. The van der Waals surface area contributed by atoms with Gasteiger partial charge in [-0.15, -0.1) is 0 Å². The van der Waals surface area contributed by atoms with Gasteiger partial charge in [0.15, 0.2) is 0 Å². The van der Waals surface area contributed by atoms with Gasteiger partial charge in [-0.3, -0.25) is 27.5 Å². The molecule has 6 aromatic carbocycles. The van der Waals surface area contributed by atoms with Crippen LogP contribution in [0.2, 0.25) is 0 Å². The first-order chi connectivity index (χ1) is 32.3. The Balaban J connectivity index is 0.995. The van der Waals surface area contributed by atoms with E-state index < -0.39 is 49.9 Å². The highest BCUT2D eigenvalue weighted by Gasteiger charge is 2.19. The van der Waals surface area contributed by atoms with E-state index in [4.69, 9.17) is 8.37 Å². The van der Waals surface area contributed by atoms with Crippen molar-refractivity contribution < 1.29 is 49.2 Å². The molecule has 17 nitrogen and oxygen atoms in total. The van der Waals surface area contributed by atoms with Gasteiger partial charge in [-0.25, -0.2) is 4.79 Å². The molecule has 0 spiro atoms. The summed E-state index contributed by atoms with van der Waals surface area (Å²) < 4.78 is 59.8. The summed E-state index contributed by atoms with van der Waals surface area (Å²) in [7, 11) is -7.95. The minimum Gasteiger partial charge on any atom is -0.322 e. The summed E-state index contributed by atoms with van der Waals surface area (Å²) in [5.41, 5.74) is 2.86. The SMILES string of the molecule is CC(C)COS(=O)(=O)c1ccc(C(=O)Nc2cccc(C(=O)Nc3cccc(NC(=O)Nc4cccc(NC(=O)c5cccc(NC(=O)c6ccc(S(=O)(=O)OCC(C)C)cc6)c5)c4)c3)c2)cc1. The molecule has 0 aromatic heterocycles. The summed E-state index contributed by atoms with van der Waals surface area (Å²) in [4.78, 5) is 65.3. The van der Waals surface area contributed by atoms with Crippen LogP contribution in [0, 0.1) is 11.8 Å². The van der Waals surface area contributed by atoms with Crippen LogP contribution >= 0.6 is 0 Å². The molecular weight excluding hydrogens is 913 g/mol. The molecule has 0 heterocycles. The van der Waals surface area contributed by atoms with Gasteiger partial charge in [-0.2, -0.15) is 16.8 Å². The van der Waals surface area contributed by atoms with Crippen LogP contribution < -0.4 is 31.9 Å². The van der Waals surface area contributed by atoms with Crippen LogP contribution in [0.5, 0.6) is 0 Å². The van der Waals surface area contributed by atoms with Crippen LogP contribution in [0.25, 0.3) is 0 Å². The van der Waals surface area contributed by atoms with E-state index in [2.05, 4.69) is 31.9 Å². The van der Waals surface area contributed by atoms with Crippen LogP contribution in [0.15, 0.2) is 155 Å². The minimum absolute atomic E-state index is 0.0104. The minimum atomic E-state index is -3.97. The smallest absolute Gasteiger partial charge is 0.322 e. The lowest BCUT2D eigenvalue weighted by Crippen LogP contribution is -2.20. The Kier molecular flexibility index (Phi) is 16.2. The summed E-state index contributed by atoms with van der Waals surface area (Å²) in [6, 6.07) is 35.2. The zero-order valence-corrected chi connectivity index (χ0v) is 38.9. The van der Waals surface area contributed by atoms with Gasteiger partial charge in [0.2, 0.25) is 0 Å². The summed E-state index contributed by atoms with van der Waals surface area (Å²) in [5.74, 6) is -2.03. The Morgan fingerprint density at radius 3 is 0.985 bits per heavy atom. The van der Waals surface area contributed by atoms with Crippen molar-refractivity contribution >= 4 is 84.0 Å². The Morgan fingerprint density at radius 1 is 0.382 bits per heavy atom. The third kappa shape index (κ3) is 14.1. The first kappa shape index (κ1) is 49.7. The maximum Gasteiger partial charge on any atom is 0.323 e. The van der Waals surface area contributed by atoms with E-state index in [0.717, 1.165) is 0 Å². The molecule has 19 heteroatoms. The van der Waals surface area contributed by atoms with Gasteiger partial charge in [0, 0.05) is 56.4 Å². The molecule has 0 radical (unpaired) electrons. The van der Waals surface area contributed by atoms with Crippen LogP contribution in [0.4, 0.5) is 38.9 Å². The van der Waals surface area contributed by atoms with Gasteiger partial charge in [0.1, 0.15) is 0 Å². The number of benzene rings is 6. The summed E-state index contributed by atoms with van der Waals surface area (Å²) >= 11 is 0. The molecule has 6 amide bonds. The largest absolute Gasteiger partial charge is 0.323 e. The summed E-state index contributed by atoms with van der Waals surface area (Å²) in [5, 5.41) is 16.4. The number of urea groups is 1. The second-order valence-corrected chi connectivity index (χ2v) is 19.3. The molecule has 6 aromatic rings. The van der Waals surface area contributed by atoms with Gasteiger partial charge >= 0.3 is 6.03 Å². The van der Waals surface area contributed by atoms with Crippen LogP contribution in [0.1, 0.15) is 69.1 Å². The number of carbonyl (C=O) groups excluding carboxylic acids is 5. The molecule has 0 aliphatic carbocycles. The van der Waals surface area contributed by atoms with Crippen LogP contribution in [-0.4, -0.2) is 59.7 Å². The van der Waals surface area contributed by atoms with Gasteiger partial charge in [-0.05, 0) is 133 Å². The standard InChI is InChI=1S/C49H48N6O11S2/c1-31(2)29-65-67(61,62)43-21-17-33(18-22-43)45(56)50-37-11-5-9-35(25-37)47(58)52-39-13-7-15-41(27-39)54-49(60)55-42-16-8-14-40(28-42)53-48(59)36-10-6-12-38(26-36)51-46(57)34-19-23-44(24-20-34)68(63,64)66-30-32(3)4/h5-28,31-32H,29-30H2,1-4H3,(H,50,56)(H,51,57)(H,52,58)(H,53,59)(H2,54,55,60). The van der Waals surface area contributed by atoms with E-state index in [1.165, 1.54) is 60.7 Å². The van der Waals surface area contributed by atoms with E-state index in [0.29, 0.717) is 34.1 Å². The van der Waals surface area contributed by atoms with Gasteiger partial charge in [0.05, 0.1) is 23.0 Å². The molecule has 0 atom stereocenters. The molecule has 0 saturated carbocycles. The fraction of sp³-hybridized carbons (Fsp3) is 0.163. The molecular formula is C49H48N6O11S2. The fourth-order valence-electron chi connectivity index (χ4n) is 6.07. The van der Waals surface area contributed by atoms with Crippen molar-refractivity contribution in [2.24, 2.45) is 11.8 Å². The van der Waals surface area contributed by atoms with E-state index in [1.807, 2.05) is 27.7 Å². The molecule has 0 aliphatic heterocycles. The maximum atomic E-state index is 13.2. The van der Waals surface area contributed by atoms with Crippen molar-refractivity contribution in [3.8, 4) is 0 Å². The number of carbonyl (C=O) groups is 5. The van der Waals surface area contributed by atoms with Crippen molar-refractivity contribution in [1.82, 2.24) is 0 Å². The molecule has 0 aliphatic rings. The van der Waals surface area contributed by atoms with Gasteiger partial charge < -0.3 is 31.9 Å². The number of anilines is 6. The van der Waals surface area contributed by atoms with E-state index in [1.54, 1.807) is 84.9 Å². The Morgan fingerprint density at radius 2 is 0.662 bits per heavy atom. The van der Waals surface area contributed by atoms with Crippen molar-refractivity contribution in [3.05, 3.63) is 168 Å². The predicted molar refractivity (Wildman–Crippen MR) is 259 cm³/mol. The fourth-order valence-corrected chi connectivity index (χ4v) is 8.18. The van der Waals surface area contributed by atoms with E-state index in [9.17, 15) is 40.8 Å². The number of nitrogens with one attached hydrogen (secondary N) is 6. The second-order valence-electron chi connectivity index (χ2n) is 16.0. The Labute approximate surface area is 393 Å². The monoisotopic (exact) mass is 960 g/mol. The van der Waals surface area contributed by atoms with Crippen LogP contribution in [-0.2, 0) is 28.6 Å². The lowest BCUT2D eigenvalue weighted by Gasteiger charge is -2.12. The second kappa shape index (κ2) is 22.2. The van der Waals surface area contributed by atoms with Crippen molar-refractivity contribution in [2.45, 2.75) is 37.5 Å². The van der Waals surface area contributed by atoms with Crippen molar-refractivity contribution in [2.75, 3.05) is 45.1 Å². The third-order valence-corrected chi connectivity index (χ3v) is 12.0. The number of rotatable bonds is 18. The summed E-state index contributed by atoms with van der Waals surface area (Å²) in [6.45, 7) is 7.35. The van der Waals surface area contributed by atoms with E-state index >= 15 is 0 Å². The topological polar surface area (TPSA) is 244 Å². The third-order valence-electron chi connectivity index (χ3n) is 9.45. The average molecular weight is 961 g/mol. The average Bonchev–Trinajstić information content (AvgIpc) is 3.30. The molecule has 0 bridgehead atoms. The number of hydrogen-bond donors (Lipinski definition) is 6. The van der Waals surface area contributed by atoms with Crippen molar-refractivity contribution in [1.29, 1.82) is 0 Å². The highest BCUT2D eigenvalue weighted by Crippen LogP contribution is 2.23. The zero-order valence-electron chi connectivity index (χ0n) is 37.2.